The SMILES string of the molecule is O=C(O)CC(O)C(O)c1ccc(Br)c(CO)c1. The first-order valence-electron chi connectivity index (χ1n) is 4.92. The molecule has 17 heavy (non-hydrogen) atoms. The number of aliphatic hydroxyl groups excluding tert-OH is 3. The Hall–Kier alpha value is -0.950. The summed E-state index contributed by atoms with van der Waals surface area (Å²) in [5, 5.41) is 36.8. The average molecular weight is 305 g/mol. The van der Waals surface area contributed by atoms with Gasteiger partial charge in [0.2, 0.25) is 0 Å². The number of aliphatic hydroxyl groups is 3. The highest BCUT2D eigenvalue weighted by molar-refractivity contribution is 9.10. The summed E-state index contributed by atoms with van der Waals surface area (Å²) in [6.45, 7) is -0.212. The molecule has 0 radical (unpaired) electrons. The van der Waals surface area contributed by atoms with Gasteiger partial charge in [0, 0.05) is 4.47 Å². The third-order valence-electron chi connectivity index (χ3n) is 2.33. The summed E-state index contributed by atoms with van der Waals surface area (Å²) in [6.07, 6.45) is -3.20. The predicted octanol–water partition coefficient (Wildman–Crippen LogP) is 0.810. The molecule has 0 aliphatic rings. The van der Waals surface area contributed by atoms with Gasteiger partial charge in [-0.3, -0.25) is 4.79 Å². The number of carboxylic acid groups (broad SMARTS) is 1. The molecule has 0 aliphatic heterocycles. The van der Waals surface area contributed by atoms with Crippen LogP contribution in [0.15, 0.2) is 22.7 Å². The molecule has 0 spiro atoms. The number of carbonyl (C=O) groups is 1. The quantitative estimate of drug-likeness (QED) is 0.645. The van der Waals surface area contributed by atoms with Crippen LogP contribution in [0.4, 0.5) is 0 Å². The molecular formula is C11H13BrO5. The smallest absolute Gasteiger partial charge is 0.306 e. The van der Waals surface area contributed by atoms with Gasteiger partial charge in [-0.05, 0) is 23.3 Å². The Kier molecular flexibility index (Phi) is 5.07. The Morgan fingerprint density at radius 2 is 2.00 bits per heavy atom. The van der Waals surface area contributed by atoms with Crippen LogP contribution < -0.4 is 0 Å². The highest BCUT2D eigenvalue weighted by Gasteiger charge is 2.21. The minimum absolute atomic E-state index is 0.212. The molecule has 0 aliphatic carbocycles. The third-order valence-corrected chi connectivity index (χ3v) is 3.10. The molecular weight excluding hydrogens is 292 g/mol. The Morgan fingerprint density at radius 3 is 2.53 bits per heavy atom. The number of aliphatic carboxylic acids is 1. The van der Waals surface area contributed by atoms with Crippen molar-refractivity contribution in [2.24, 2.45) is 0 Å². The van der Waals surface area contributed by atoms with Crippen molar-refractivity contribution in [3.63, 3.8) is 0 Å². The summed E-state index contributed by atoms with van der Waals surface area (Å²) < 4.78 is 0.684. The molecule has 2 unspecified atom stereocenters. The maximum Gasteiger partial charge on any atom is 0.306 e. The molecule has 0 saturated heterocycles. The minimum atomic E-state index is -1.37. The van der Waals surface area contributed by atoms with Crippen molar-refractivity contribution in [1.29, 1.82) is 0 Å². The molecule has 6 heteroatoms. The van der Waals surface area contributed by atoms with Gasteiger partial charge in [0.05, 0.1) is 19.1 Å². The molecule has 0 bridgehead atoms. The van der Waals surface area contributed by atoms with E-state index < -0.39 is 24.6 Å². The van der Waals surface area contributed by atoms with Gasteiger partial charge in [-0.2, -0.15) is 0 Å². The van der Waals surface area contributed by atoms with Crippen molar-refractivity contribution in [2.75, 3.05) is 0 Å². The Labute approximate surface area is 106 Å². The fraction of sp³-hybridized carbons (Fsp3) is 0.364. The maximum absolute atomic E-state index is 10.4. The van der Waals surface area contributed by atoms with E-state index in [4.69, 9.17) is 10.2 Å². The topological polar surface area (TPSA) is 98.0 Å². The van der Waals surface area contributed by atoms with Crippen LogP contribution in [0.1, 0.15) is 23.7 Å². The first-order valence-corrected chi connectivity index (χ1v) is 5.72. The van der Waals surface area contributed by atoms with Crippen molar-refractivity contribution in [2.45, 2.75) is 25.2 Å². The zero-order chi connectivity index (χ0) is 13.0. The lowest BCUT2D eigenvalue weighted by Gasteiger charge is -2.17. The van der Waals surface area contributed by atoms with E-state index in [0.29, 0.717) is 15.6 Å². The molecule has 0 aromatic heterocycles. The first-order chi connectivity index (χ1) is 7.95. The Morgan fingerprint density at radius 1 is 1.35 bits per heavy atom. The van der Waals surface area contributed by atoms with E-state index in [-0.39, 0.29) is 6.61 Å². The second-order valence-corrected chi connectivity index (χ2v) is 4.47. The Bertz CT molecular complexity index is 407. The predicted molar refractivity (Wildman–Crippen MR) is 63.3 cm³/mol. The summed E-state index contributed by atoms with van der Waals surface area (Å²) in [7, 11) is 0. The molecule has 0 saturated carbocycles. The molecule has 0 heterocycles. The lowest BCUT2D eigenvalue weighted by Crippen LogP contribution is -2.21. The van der Waals surface area contributed by atoms with Crippen LogP contribution in [0.2, 0.25) is 0 Å². The van der Waals surface area contributed by atoms with Gasteiger partial charge in [0.15, 0.2) is 0 Å². The number of halogens is 1. The van der Waals surface area contributed by atoms with Gasteiger partial charge in [-0.25, -0.2) is 0 Å². The van der Waals surface area contributed by atoms with Gasteiger partial charge >= 0.3 is 5.97 Å². The molecule has 1 aromatic rings. The fourth-order valence-corrected chi connectivity index (χ4v) is 1.78. The minimum Gasteiger partial charge on any atom is -0.481 e. The van der Waals surface area contributed by atoms with Crippen molar-refractivity contribution >= 4 is 21.9 Å². The summed E-state index contributed by atoms with van der Waals surface area (Å²) in [5.41, 5.74) is 0.926. The van der Waals surface area contributed by atoms with Gasteiger partial charge in [0.1, 0.15) is 6.10 Å². The van der Waals surface area contributed by atoms with E-state index in [1.165, 1.54) is 6.07 Å². The van der Waals surface area contributed by atoms with E-state index in [2.05, 4.69) is 15.9 Å². The number of hydrogen-bond acceptors (Lipinski definition) is 4. The van der Waals surface area contributed by atoms with Gasteiger partial charge in [-0.1, -0.05) is 22.0 Å². The zero-order valence-electron chi connectivity index (χ0n) is 8.88. The van der Waals surface area contributed by atoms with E-state index >= 15 is 0 Å². The summed E-state index contributed by atoms with van der Waals surface area (Å²) in [5.74, 6) is -1.18. The lowest BCUT2D eigenvalue weighted by molar-refractivity contribution is -0.141. The molecule has 4 N–H and O–H groups in total. The second-order valence-electron chi connectivity index (χ2n) is 3.62. The van der Waals surface area contributed by atoms with E-state index in [1.807, 2.05) is 0 Å². The highest BCUT2D eigenvalue weighted by atomic mass is 79.9. The first kappa shape index (κ1) is 14.1. The van der Waals surface area contributed by atoms with Gasteiger partial charge < -0.3 is 20.4 Å². The second kappa shape index (κ2) is 6.11. The van der Waals surface area contributed by atoms with Crippen LogP contribution in [0.3, 0.4) is 0 Å². The summed E-state index contributed by atoms with van der Waals surface area (Å²) in [6, 6.07) is 4.69. The van der Waals surface area contributed by atoms with Crippen LogP contribution in [-0.4, -0.2) is 32.5 Å². The number of benzene rings is 1. The lowest BCUT2D eigenvalue weighted by atomic mass is 10.0. The van der Waals surface area contributed by atoms with E-state index in [1.54, 1.807) is 12.1 Å². The van der Waals surface area contributed by atoms with Crippen LogP contribution in [0, 0.1) is 0 Å². The average Bonchev–Trinajstić information content (AvgIpc) is 2.27. The van der Waals surface area contributed by atoms with Crippen LogP contribution >= 0.6 is 15.9 Å². The largest absolute Gasteiger partial charge is 0.481 e. The van der Waals surface area contributed by atoms with Crippen molar-refractivity contribution in [1.82, 2.24) is 0 Å². The van der Waals surface area contributed by atoms with E-state index in [0.717, 1.165) is 0 Å². The third kappa shape index (κ3) is 3.78. The highest BCUT2D eigenvalue weighted by Crippen LogP contribution is 2.24. The van der Waals surface area contributed by atoms with Crippen LogP contribution in [0.5, 0.6) is 0 Å². The van der Waals surface area contributed by atoms with Crippen molar-refractivity contribution in [3.05, 3.63) is 33.8 Å². The summed E-state index contributed by atoms with van der Waals surface area (Å²) >= 11 is 3.22. The Balaban J connectivity index is 2.88. The molecule has 94 valence electrons. The summed E-state index contributed by atoms with van der Waals surface area (Å²) in [4.78, 5) is 10.4. The molecule has 1 rings (SSSR count). The number of rotatable bonds is 5. The van der Waals surface area contributed by atoms with Crippen LogP contribution in [0.25, 0.3) is 0 Å². The van der Waals surface area contributed by atoms with E-state index in [9.17, 15) is 15.0 Å². The van der Waals surface area contributed by atoms with Gasteiger partial charge in [-0.15, -0.1) is 0 Å². The van der Waals surface area contributed by atoms with Gasteiger partial charge in [0.25, 0.3) is 0 Å². The molecule has 2 atom stereocenters. The van der Waals surface area contributed by atoms with Crippen molar-refractivity contribution < 1.29 is 25.2 Å². The molecule has 0 fully saturated rings. The zero-order valence-corrected chi connectivity index (χ0v) is 10.5. The molecule has 1 aromatic carbocycles. The maximum atomic E-state index is 10.4. The van der Waals surface area contributed by atoms with Crippen molar-refractivity contribution in [3.8, 4) is 0 Å². The molecule has 0 amide bonds. The standard InChI is InChI=1S/C11H13BrO5/c12-8-2-1-6(3-7(8)5-13)11(17)9(14)4-10(15)16/h1-3,9,11,13-14,17H,4-5H2,(H,15,16). The monoisotopic (exact) mass is 304 g/mol. The fourth-order valence-electron chi connectivity index (χ4n) is 1.41. The number of carboxylic acids is 1. The normalized spacial score (nSPS) is 14.4. The van der Waals surface area contributed by atoms with Crippen LogP contribution in [-0.2, 0) is 11.4 Å². The molecule has 5 nitrogen and oxygen atoms in total. The number of hydrogen-bond donors (Lipinski definition) is 4.